The minimum absolute atomic E-state index is 0.0998. The molecule has 0 unspecified atom stereocenters. The van der Waals surface area contributed by atoms with E-state index in [0.717, 1.165) is 0 Å². The molecule has 1 aromatic carbocycles. The molecule has 0 bridgehead atoms. The van der Waals surface area contributed by atoms with Crippen LogP contribution in [0.2, 0.25) is 0 Å². The number of carbonyl (C=O) groups is 1. The molecular weight excluding hydrogens is 234 g/mol. The van der Waals surface area contributed by atoms with Crippen LogP contribution in [0, 0.1) is 28.4 Å². The fourth-order valence-electron chi connectivity index (χ4n) is 1.47. The third-order valence-electron chi connectivity index (χ3n) is 2.29. The van der Waals surface area contributed by atoms with Crippen LogP contribution in [0.25, 0.3) is 0 Å². The van der Waals surface area contributed by atoms with Crippen LogP contribution in [0.15, 0.2) is 18.2 Å². The monoisotopic (exact) mass is 247 g/mol. The van der Waals surface area contributed by atoms with Crippen molar-refractivity contribution in [2.75, 3.05) is 6.54 Å². The summed E-state index contributed by atoms with van der Waals surface area (Å²) in [7, 11) is 0. The van der Waals surface area contributed by atoms with E-state index < -0.39 is 4.92 Å². The van der Waals surface area contributed by atoms with Crippen molar-refractivity contribution in [1.29, 1.82) is 5.26 Å². The molecule has 6 heteroatoms. The highest BCUT2D eigenvalue weighted by Crippen LogP contribution is 2.16. The molecule has 0 fully saturated rings. The number of benzene rings is 1. The van der Waals surface area contributed by atoms with E-state index in [1.165, 1.54) is 12.1 Å². The smallest absolute Gasteiger partial charge is 0.270 e. The van der Waals surface area contributed by atoms with Gasteiger partial charge in [-0.15, -0.1) is 0 Å². The lowest BCUT2D eigenvalue weighted by Gasteiger charge is -2.04. The van der Waals surface area contributed by atoms with Crippen molar-refractivity contribution >= 4 is 11.6 Å². The Morgan fingerprint density at radius 3 is 2.83 bits per heavy atom. The second-order valence-corrected chi connectivity index (χ2v) is 3.83. The molecule has 0 saturated heterocycles. The molecule has 6 nitrogen and oxygen atoms in total. The molecular formula is C12H13N3O3. The predicted octanol–water partition coefficient (Wildman–Crippen LogP) is 1.94. The van der Waals surface area contributed by atoms with Crippen LogP contribution in [-0.4, -0.2) is 17.4 Å². The standard InChI is InChI=1S/C12H13N3O3/c1-9-6-10(8-11(7-9)15(17)18)12(16)14-5-3-2-4-13/h6-8H,2-3,5H2,1H3,(H,14,16). The first-order chi connectivity index (χ1) is 8.54. The number of nitrogens with one attached hydrogen (secondary N) is 1. The Balaban J connectivity index is 2.74. The van der Waals surface area contributed by atoms with Crippen molar-refractivity contribution in [3.05, 3.63) is 39.4 Å². The summed E-state index contributed by atoms with van der Waals surface area (Å²) in [5.41, 5.74) is 0.821. The van der Waals surface area contributed by atoms with Crippen molar-refractivity contribution in [3.8, 4) is 6.07 Å². The summed E-state index contributed by atoms with van der Waals surface area (Å²) in [5, 5.41) is 21.6. The van der Waals surface area contributed by atoms with E-state index in [1.807, 2.05) is 6.07 Å². The van der Waals surface area contributed by atoms with Crippen LogP contribution in [-0.2, 0) is 0 Å². The summed E-state index contributed by atoms with van der Waals surface area (Å²) in [5.74, 6) is -0.361. The lowest BCUT2D eigenvalue weighted by Crippen LogP contribution is -2.24. The molecule has 0 aromatic heterocycles. The van der Waals surface area contributed by atoms with Gasteiger partial charge >= 0.3 is 0 Å². The van der Waals surface area contributed by atoms with Gasteiger partial charge in [0.1, 0.15) is 0 Å². The second-order valence-electron chi connectivity index (χ2n) is 3.83. The first-order valence-corrected chi connectivity index (χ1v) is 5.46. The molecule has 1 rings (SSSR count). The van der Waals surface area contributed by atoms with Gasteiger partial charge in [-0.2, -0.15) is 5.26 Å². The summed E-state index contributed by atoms with van der Waals surface area (Å²) in [6, 6.07) is 6.22. The van der Waals surface area contributed by atoms with Crippen LogP contribution in [0.1, 0.15) is 28.8 Å². The van der Waals surface area contributed by atoms with Crippen molar-refractivity contribution in [3.63, 3.8) is 0 Å². The van der Waals surface area contributed by atoms with Gasteiger partial charge in [-0.3, -0.25) is 14.9 Å². The van der Waals surface area contributed by atoms with Crippen LogP contribution in [0.4, 0.5) is 5.69 Å². The number of rotatable bonds is 5. The number of nitriles is 1. The van der Waals surface area contributed by atoms with Crippen LogP contribution in [0.3, 0.4) is 0 Å². The molecule has 0 aliphatic carbocycles. The first kappa shape index (κ1) is 13.6. The van der Waals surface area contributed by atoms with Crippen LogP contribution >= 0.6 is 0 Å². The normalized spacial score (nSPS) is 9.56. The number of non-ortho nitro benzene ring substituents is 1. The highest BCUT2D eigenvalue weighted by molar-refractivity contribution is 5.95. The van der Waals surface area contributed by atoms with Gasteiger partial charge in [-0.25, -0.2) is 0 Å². The molecule has 0 radical (unpaired) electrons. The lowest BCUT2D eigenvalue weighted by molar-refractivity contribution is -0.384. The summed E-state index contributed by atoms with van der Waals surface area (Å²) in [6.07, 6.45) is 0.935. The van der Waals surface area contributed by atoms with Gasteiger partial charge < -0.3 is 5.32 Å². The van der Waals surface area contributed by atoms with Crippen molar-refractivity contribution < 1.29 is 9.72 Å². The number of nitro groups is 1. The van der Waals surface area contributed by atoms with E-state index in [2.05, 4.69) is 5.32 Å². The highest BCUT2D eigenvalue weighted by Gasteiger charge is 2.12. The maximum atomic E-state index is 11.7. The number of nitro benzene ring substituents is 1. The maximum absolute atomic E-state index is 11.7. The maximum Gasteiger partial charge on any atom is 0.270 e. The molecule has 1 N–H and O–H groups in total. The average Bonchev–Trinajstić information content (AvgIpc) is 2.33. The Labute approximate surface area is 104 Å². The zero-order valence-electron chi connectivity index (χ0n) is 9.97. The molecule has 0 saturated carbocycles. The molecule has 0 atom stereocenters. The SMILES string of the molecule is Cc1cc(C(=O)NCCCC#N)cc([N+](=O)[O-])c1. The molecule has 94 valence electrons. The molecule has 0 heterocycles. The van der Waals surface area contributed by atoms with Crippen LogP contribution < -0.4 is 5.32 Å². The number of hydrogen-bond donors (Lipinski definition) is 1. The van der Waals surface area contributed by atoms with Crippen molar-refractivity contribution in [2.45, 2.75) is 19.8 Å². The number of carbonyl (C=O) groups excluding carboxylic acids is 1. The minimum atomic E-state index is -0.528. The number of aryl methyl sites for hydroxylation is 1. The van der Waals surface area contributed by atoms with Crippen LogP contribution in [0.5, 0.6) is 0 Å². The van der Waals surface area contributed by atoms with Gasteiger partial charge in [0.2, 0.25) is 0 Å². The fraction of sp³-hybridized carbons (Fsp3) is 0.333. The lowest BCUT2D eigenvalue weighted by atomic mass is 10.1. The molecule has 0 aliphatic rings. The third kappa shape index (κ3) is 3.87. The molecule has 1 aromatic rings. The van der Waals surface area contributed by atoms with Gasteiger partial charge in [-0.1, -0.05) is 0 Å². The average molecular weight is 247 g/mol. The number of hydrogen-bond acceptors (Lipinski definition) is 4. The number of nitrogens with zero attached hydrogens (tertiary/aromatic N) is 2. The van der Waals surface area contributed by atoms with Crippen molar-refractivity contribution in [1.82, 2.24) is 5.32 Å². The van der Waals surface area contributed by atoms with Gasteiger partial charge in [0.15, 0.2) is 0 Å². The molecule has 0 spiro atoms. The fourth-order valence-corrected chi connectivity index (χ4v) is 1.47. The molecule has 0 aliphatic heterocycles. The Hall–Kier alpha value is -2.42. The highest BCUT2D eigenvalue weighted by atomic mass is 16.6. The van der Waals surface area contributed by atoms with E-state index in [1.54, 1.807) is 13.0 Å². The molecule has 18 heavy (non-hydrogen) atoms. The van der Waals surface area contributed by atoms with Gasteiger partial charge in [0, 0.05) is 30.7 Å². The Morgan fingerprint density at radius 2 is 2.22 bits per heavy atom. The topological polar surface area (TPSA) is 96.0 Å². The Morgan fingerprint density at radius 1 is 1.50 bits per heavy atom. The molecule has 1 amide bonds. The van der Waals surface area contributed by atoms with Gasteiger partial charge in [0.25, 0.3) is 11.6 Å². The third-order valence-corrected chi connectivity index (χ3v) is 2.29. The second kappa shape index (κ2) is 6.35. The van der Waals surface area contributed by atoms with E-state index in [9.17, 15) is 14.9 Å². The van der Waals surface area contributed by atoms with E-state index in [0.29, 0.717) is 24.9 Å². The largest absolute Gasteiger partial charge is 0.352 e. The quantitative estimate of drug-likeness (QED) is 0.488. The number of unbranched alkanes of at least 4 members (excludes halogenated alkanes) is 1. The van der Waals surface area contributed by atoms with E-state index in [-0.39, 0.29) is 17.2 Å². The summed E-state index contributed by atoms with van der Waals surface area (Å²) < 4.78 is 0. The van der Waals surface area contributed by atoms with E-state index >= 15 is 0 Å². The summed E-state index contributed by atoms with van der Waals surface area (Å²) >= 11 is 0. The Kier molecular flexibility index (Phi) is 4.81. The summed E-state index contributed by atoms with van der Waals surface area (Å²) in [4.78, 5) is 21.9. The van der Waals surface area contributed by atoms with Crippen molar-refractivity contribution in [2.24, 2.45) is 0 Å². The Bertz CT molecular complexity index is 506. The number of amides is 1. The van der Waals surface area contributed by atoms with Gasteiger partial charge in [0.05, 0.1) is 11.0 Å². The zero-order chi connectivity index (χ0) is 13.5. The zero-order valence-corrected chi connectivity index (χ0v) is 9.97. The summed E-state index contributed by atoms with van der Waals surface area (Å²) in [6.45, 7) is 2.08. The van der Waals surface area contributed by atoms with E-state index in [4.69, 9.17) is 5.26 Å². The van der Waals surface area contributed by atoms with Gasteiger partial charge in [-0.05, 0) is 25.0 Å². The minimum Gasteiger partial charge on any atom is -0.352 e. The predicted molar refractivity (Wildman–Crippen MR) is 65.0 cm³/mol. The first-order valence-electron chi connectivity index (χ1n) is 5.46.